The van der Waals surface area contributed by atoms with E-state index >= 15 is 0 Å². The van der Waals surface area contributed by atoms with Crippen LogP contribution >= 0.6 is 24.4 Å². The Bertz CT molecular complexity index is 3500. The first kappa shape index (κ1) is 52.9. The van der Waals surface area contributed by atoms with Gasteiger partial charge in [-0.3, -0.25) is 18.0 Å². The summed E-state index contributed by atoms with van der Waals surface area (Å²) in [6.45, 7) is -0.549. The lowest BCUT2D eigenvalue weighted by molar-refractivity contribution is -0.434. The molecule has 0 fully saturated rings. The number of sulfonamides is 1. The van der Waals surface area contributed by atoms with E-state index in [4.69, 9.17) is 26.2 Å². The summed E-state index contributed by atoms with van der Waals surface area (Å²) in [5.41, 5.74) is 10.1. The summed E-state index contributed by atoms with van der Waals surface area (Å²) in [6.07, 6.45) is 0. The molecule has 0 radical (unpaired) electrons. The first-order chi connectivity index (χ1) is 33.0. The van der Waals surface area contributed by atoms with Crippen LogP contribution in [0.3, 0.4) is 0 Å². The number of nitrogens with one attached hydrogen (secondary N) is 1. The fraction of sp³-hybridized carbons (Fsp3) is 0.0556. The Kier molecular flexibility index (Phi) is 16.7. The zero-order chi connectivity index (χ0) is 51.0. The number of azo groups is 3. The van der Waals surface area contributed by atoms with Crippen LogP contribution in [0, 0.1) is 0 Å². The molecule has 0 aliphatic carbocycles. The van der Waals surface area contributed by atoms with Crippen molar-refractivity contribution >= 4 is 126 Å². The smallest absolute Gasteiger partial charge is 0.296 e. The highest BCUT2D eigenvalue weighted by Crippen LogP contribution is 2.50. The van der Waals surface area contributed by atoms with Gasteiger partial charge < -0.3 is 21.7 Å². The number of fused-ring (bicyclic) bond motifs is 1. The van der Waals surface area contributed by atoms with Gasteiger partial charge in [0.05, 0.1) is 61.5 Å². The lowest BCUT2D eigenvalue weighted by Gasteiger charge is -2.14. The number of phenols is 2. The fourth-order valence-electron chi connectivity index (χ4n) is 5.78. The van der Waals surface area contributed by atoms with Crippen molar-refractivity contribution in [2.45, 2.75) is 24.5 Å². The van der Waals surface area contributed by atoms with E-state index in [0.29, 0.717) is 17.4 Å². The van der Waals surface area contributed by atoms with Crippen LogP contribution in [0.5, 0.6) is 11.5 Å². The lowest BCUT2D eigenvalue weighted by atomic mass is 10.1. The molecule has 11 N–H and O–H groups in total. The van der Waals surface area contributed by atoms with Gasteiger partial charge in [-0.15, -0.1) is 29.1 Å². The second-order valence-corrected chi connectivity index (χ2v) is 21.3. The standard InChI is InChI=1S/C36H31N9O19S6/c37-20-1-11-26(28(46)17-20)41-39-21-2-4-23(5-3-21)45-68(52,53)24-8-6-22(7-9-24)40-44-35-31(70(57,58)59)16-19-15-29(65-63-61-48)34(36(47)32(19)33(35)38)43-42-27-12-10-25(18-30(27)69(54,55)56)67(50,51)14-13-60-66-64-62-49/h1-12,15-18,45-49H,13-14,37-38H2,(H,54,55,56)(H,57,58,59)/b41-39+,43-42+,44-40+. The Hall–Kier alpha value is -6.48. The van der Waals surface area contributed by atoms with Gasteiger partial charge >= 0.3 is 0 Å². The maximum atomic E-state index is 13.2. The van der Waals surface area contributed by atoms with Crippen molar-refractivity contribution in [3.8, 4) is 11.5 Å². The number of aromatic hydroxyl groups is 2. The van der Waals surface area contributed by atoms with Crippen LogP contribution in [0.15, 0.2) is 152 Å². The molecule has 70 heavy (non-hydrogen) atoms. The number of sulfone groups is 1. The van der Waals surface area contributed by atoms with E-state index in [1.165, 1.54) is 54.6 Å². The third-order valence-electron chi connectivity index (χ3n) is 8.92. The highest BCUT2D eigenvalue weighted by atomic mass is 32.2. The molecule has 0 saturated carbocycles. The highest BCUT2D eigenvalue weighted by molar-refractivity contribution is 7.94. The number of nitrogen functional groups attached to an aromatic ring is 2. The Labute approximate surface area is 403 Å². The quantitative estimate of drug-likeness (QED) is 0.00624. The summed E-state index contributed by atoms with van der Waals surface area (Å²) in [6, 6.07) is 18.7. The number of nitrogens with two attached hydrogens (primary N) is 2. The van der Waals surface area contributed by atoms with Crippen molar-refractivity contribution in [3.05, 3.63) is 97.1 Å². The molecule has 0 unspecified atom stereocenters. The molecule has 0 aliphatic heterocycles. The maximum absolute atomic E-state index is 13.2. The molecule has 28 nitrogen and oxygen atoms in total. The first-order valence-electron chi connectivity index (χ1n) is 18.4. The number of hydrogen-bond acceptors (Lipinski definition) is 27. The van der Waals surface area contributed by atoms with Gasteiger partial charge in [-0.05, 0) is 96.4 Å². The average molecular weight is 1090 g/mol. The summed E-state index contributed by atoms with van der Waals surface area (Å²) in [5.74, 6) is -1.89. The van der Waals surface area contributed by atoms with E-state index < -0.39 is 101 Å². The Morgan fingerprint density at radius 1 is 0.614 bits per heavy atom. The predicted octanol–water partition coefficient (Wildman–Crippen LogP) is 8.16. The molecular formula is C36H31N9O19S6. The Morgan fingerprint density at radius 3 is 1.83 bits per heavy atom. The zero-order valence-electron chi connectivity index (χ0n) is 34.4. The van der Waals surface area contributed by atoms with E-state index in [9.17, 15) is 53.0 Å². The van der Waals surface area contributed by atoms with Crippen LogP contribution in [0.1, 0.15) is 0 Å². The van der Waals surface area contributed by atoms with E-state index in [2.05, 4.69) is 54.2 Å². The summed E-state index contributed by atoms with van der Waals surface area (Å²) >= 11 is 0.221. The zero-order valence-corrected chi connectivity index (χ0v) is 39.3. The second kappa shape index (κ2) is 22.1. The van der Waals surface area contributed by atoms with Gasteiger partial charge in [0.25, 0.3) is 30.3 Å². The third-order valence-corrected chi connectivity index (χ3v) is 14.7. The molecule has 0 bridgehead atoms. The molecule has 0 aliphatic rings. The van der Waals surface area contributed by atoms with E-state index in [1.54, 1.807) is 0 Å². The minimum atomic E-state index is -5.25. The number of nitrogens with zero attached hydrogens (tertiary/aromatic N) is 6. The van der Waals surface area contributed by atoms with E-state index in [-0.39, 0.29) is 62.4 Å². The summed E-state index contributed by atoms with van der Waals surface area (Å²) in [7, 11) is -19.0. The van der Waals surface area contributed by atoms with Crippen LogP contribution in [-0.4, -0.2) is 75.9 Å². The normalized spacial score (nSPS) is 12.7. The van der Waals surface area contributed by atoms with Gasteiger partial charge in [0, 0.05) is 17.4 Å². The molecule has 6 rings (SSSR count). The molecule has 34 heteroatoms. The molecule has 0 atom stereocenters. The molecule has 370 valence electrons. The predicted molar refractivity (Wildman–Crippen MR) is 246 cm³/mol. The van der Waals surface area contributed by atoms with Gasteiger partial charge in [-0.25, -0.2) is 27.4 Å². The fourth-order valence-corrected chi connectivity index (χ4v) is 10.2. The van der Waals surface area contributed by atoms with Crippen molar-refractivity contribution in [2.24, 2.45) is 30.7 Å². The second-order valence-electron chi connectivity index (χ2n) is 13.5. The van der Waals surface area contributed by atoms with Gasteiger partial charge in [0.1, 0.15) is 38.3 Å². The van der Waals surface area contributed by atoms with Gasteiger partial charge in [0.2, 0.25) is 0 Å². The van der Waals surface area contributed by atoms with Crippen molar-refractivity contribution < 1.29 is 86.4 Å². The van der Waals surface area contributed by atoms with Gasteiger partial charge in [-0.2, -0.15) is 27.1 Å². The number of hydrogen-bond donors (Lipinski definition) is 9. The largest absolute Gasteiger partial charge is 0.506 e. The first-order valence-corrected chi connectivity index (χ1v) is 25.9. The number of phenolic OH excluding ortho intramolecular Hbond substituents is 2. The molecule has 0 aromatic heterocycles. The lowest BCUT2D eigenvalue weighted by Crippen LogP contribution is -2.12. The van der Waals surface area contributed by atoms with E-state index in [1.807, 2.05) is 0 Å². The van der Waals surface area contributed by atoms with Crippen molar-refractivity contribution in [1.82, 2.24) is 0 Å². The SMILES string of the molecule is Nc1ccc(/N=N/c2ccc(NS(=O)(=O)c3ccc(/N=N/c4c(S(=O)(=O)O)cc5cc(SOOO)c(/N=N/c6ccc(S(=O)(=O)CCOSOOO)cc6S(=O)(=O)O)c(O)c5c4N)cc3)cc2)c(O)c1. The van der Waals surface area contributed by atoms with Crippen molar-refractivity contribution in [2.75, 3.05) is 28.5 Å². The number of rotatable bonds is 21. The highest BCUT2D eigenvalue weighted by Gasteiger charge is 2.27. The van der Waals surface area contributed by atoms with Crippen LogP contribution in [0.4, 0.5) is 51.2 Å². The number of anilines is 3. The summed E-state index contributed by atoms with van der Waals surface area (Å²) in [5, 5.41) is 68.1. The maximum Gasteiger partial charge on any atom is 0.296 e. The Balaban J connectivity index is 1.30. The number of benzene rings is 6. The average Bonchev–Trinajstić information content (AvgIpc) is 3.29. The molecule has 6 aromatic rings. The molecule has 0 saturated heterocycles. The molecule has 0 amide bonds. The summed E-state index contributed by atoms with van der Waals surface area (Å²) in [4.78, 5) is -3.26. The topological polar surface area (TPSA) is 442 Å². The van der Waals surface area contributed by atoms with Crippen LogP contribution in [0.2, 0.25) is 0 Å². The van der Waals surface area contributed by atoms with Crippen LogP contribution < -0.4 is 16.2 Å². The Morgan fingerprint density at radius 2 is 1.20 bits per heavy atom. The molecular weight excluding hydrogens is 1050 g/mol. The molecule has 6 aromatic carbocycles. The third kappa shape index (κ3) is 13.0. The van der Waals surface area contributed by atoms with Crippen LogP contribution in [-0.2, 0) is 63.0 Å². The monoisotopic (exact) mass is 1090 g/mol. The van der Waals surface area contributed by atoms with Gasteiger partial charge in [0.15, 0.2) is 27.9 Å². The van der Waals surface area contributed by atoms with Crippen molar-refractivity contribution in [3.63, 3.8) is 0 Å². The van der Waals surface area contributed by atoms with E-state index in [0.717, 1.165) is 36.4 Å². The minimum absolute atomic E-state index is 0.0725. The van der Waals surface area contributed by atoms with Crippen molar-refractivity contribution in [1.29, 1.82) is 0 Å². The summed E-state index contributed by atoms with van der Waals surface area (Å²) < 4.78 is 138. The van der Waals surface area contributed by atoms with Gasteiger partial charge in [-0.1, -0.05) is 10.1 Å². The molecule has 0 spiro atoms. The molecule has 0 heterocycles. The van der Waals surface area contributed by atoms with Crippen LogP contribution in [0.25, 0.3) is 10.8 Å². The minimum Gasteiger partial charge on any atom is -0.506 e.